The standard InChI is InChI=1S/C9H18N4.CH4O/c1-8(2)11-12-9(10-3)13-6-4-5-7-13;1-2/h8,11H,3-7H2,1-2H3;2H,1H3/b12-9+;. The first-order valence-corrected chi connectivity index (χ1v) is 5.23. The van der Waals surface area contributed by atoms with Gasteiger partial charge in [0.25, 0.3) is 0 Å². The minimum absolute atomic E-state index is 0.347. The van der Waals surface area contributed by atoms with Crippen LogP contribution in [0.5, 0.6) is 0 Å². The van der Waals surface area contributed by atoms with Crippen molar-refractivity contribution in [3.05, 3.63) is 0 Å². The Bertz CT molecular complexity index is 198. The summed E-state index contributed by atoms with van der Waals surface area (Å²) in [5, 5.41) is 11.2. The Morgan fingerprint density at radius 1 is 1.33 bits per heavy atom. The number of likely N-dealkylation sites (tertiary alicyclic amines) is 1. The Balaban J connectivity index is 0.000000921. The largest absolute Gasteiger partial charge is 0.400 e. The van der Waals surface area contributed by atoms with Crippen molar-refractivity contribution < 1.29 is 5.11 Å². The molecule has 5 heteroatoms. The molecule has 0 atom stereocenters. The molecule has 1 rings (SSSR count). The maximum atomic E-state index is 7.00. The van der Waals surface area contributed by atoms with Gasteiger partial charge >= 0.3 is 0 Å². The molecule has 1 aliphatic heterocycles. The number of nitrogens with zero attached hydrogens (tertiary/aromatic N) is 3. The number of hydrogen-bond acceptors (Lipinski definition) is 3. The van der Waals surface area contributed by atoms with E-state index in [9.17, 15) is 0 Å². The van der Waals surface area contributed by atoms with Gasteiger partial charge in [0.15, 0.2) is 0 Å². The molecular weight excluding hydrogens is 192 g/mol. The van der Waals surface area contributed by atoms with E-state index in [1.54, 1.807) is 0 Å². The lowest BCUT2D eigenvalue weighted by Crippen LogP contribution is -2.29. The minimum atomic E-state index is 0.347. The summed E-state index contributed by atoms with van der Waals surface area (Å²) < 4.78 is 0. The molecule has 0 amide bonds. The summed E-state index contributed by atoms with van der Waals surface area (Å²) in [6.45, 7) is 9.73. The Morgan fingerprint density at radius 2 is 1.87 bits per heavy atom. The van der Waals surface area contributed by atoms with Gasteiger partial charge in [-0.3, -0.25) is 0 Å². The molecule has 1 aliphatic rings. The molecule has 1 fully saturated rings. The highest BCUT2D eigenvalue weighted by Crippen LogP contribution is 2.08. The van der Waals surface area contributed by atoms with Gasteiger partial charge < -0.3 is 15.4 Å². The molecule has 88 valence electrons. The second-order valence-corrected chi connectivity index (χ2v) is 3.55. The van der Waals surface area contributed by atoms with Crippen molar-refractivity contribution in [2.75, 3.05) is 20.2 Å². The van der Waals surface area contributed by atoms with E-state index in [-0.39, 0.29) is 0 Å². The van der Waals surface area contributed by atoms with Crippen LogP contribution in [-0.4, -0.2) is 48.9 Å². The number of hydrogen-bond donors (Lipinski definition) is 2. The van der Waals surface area contributed by atoms with Crippen LogP contribution in [-0.2, 0) is 0 Å². The van der Waals surface area contributed by atoms with Crippen LogP contribution in [0.2, 0.25) is 0 Å². The maximum absolute atomic E-state index is 7.00. The van der Waals surface area contributed by atoms with Crippen LogP contribution in [0.3, 0.4) is 0 Å². The van der Waals surface area contributed by atoms with Crippen molar-refractivity contribution in [2.24, 2.45) is 10.1 Å². The Kier molecular flexibility index (Phi) is 7.62. The van der Waals surface area contributed by atoms with Gasteiger partial charge in [-0.25, -0.2) is 4.99 Å². The zero-order valence-electron chi connectivity index (χ0n) is 9.90. The van der Waals surface area contributed by atoms with Gasteiger partial charge in [-0.05, 0) is 33.4 Å². The molecule has 0 aromatic carbocycles. The lowest BCUT2D eigenvalue weighted by molar-refractivity contribution is 0.399. The number of aliphatic imine (C=N–C) groups is 1. The summed E-state index contributed by atoms with van der Waals surface area (Å²) in [7, 11) is 1.00. The number of guanidine groups is 1. The van der Waals surface area contributed by atoms with Crippen molar-refractivity contribution >= 4 is 12.7 Å². The van der Waals surface area contributed by atoms with E-state index in [4.69, 9.17) is 5.11 Å². The first-order chi connectivity index (χ1) is 7.24. The molecule has 0 radical (unpaired) electrons. The van der Waals surface area contributed by atoms with Gasteiger partial charge in [0.2, 0.25) is 5.96 Å². The van der Waals surface area contributed by atoms with Crippen LogP contribution >= 0.6 is 0 Å². The molecule has 0 bridgehead atoms. The van der Waals surface area contributed by atoms with Crippen molar-refractivity contribution in [3.63, 3.8) is 0 Å². The van der Waals surface area contributed by atoms with Crippen LogP contribution < -0.4 is 5.43 Å². The van der Waals surface area contributed by atoms with Crippen molar-refractivity contribution in [2.45, 2.75) is 32.7 Å². The highest BCUT2D eigenvalue weighted by atomic mass is 16.2. The molecule has 0 aromatic rings. The van der Waals surface area contributed by atoms with Crippen LogP contribution in [0.4, 0.5) is 0 Å². The van der Waals surface area contributed by atoms with Crippen LogP contribution in [0, 0.1) is 0 Å². The molecule has 0 unspecified atom stereocenters. The van der Waals surface area contributed by atoms with E-state index in [2.05, 4.69) is 27.1 Å². The number of hydrazone groups is 1. The van der Waals surface area contributed by atoms with E-state index in [0.29, 0.717) is 6.04 Å². The smallest absolute Gasteiger partial charge is 0.241 e. The third kappa shape index (κ3) is 5.37. The van der Waals surface area contributed by atoms with Gasteiger partial charge in [-0.15, -0.1) is 5.10 Å². The van der Waals surface area contributed by atoms with Gasteiger partial charge in [0, 0.05) is 26.2 Å². The zero-order chi connectivity index (χ0) is 11.7. The summed E-state index contributed by atoms with van der Waals surface area (Å²) in [5.74, 6) is 0.728. The summed E-state index contributed by atoms with van der Waals surface area (Å²) in [6, 6.07) is 0.347. The Morgan fingerprint density at radius 3 is 2.27 bits per heavy atom. The summed E-state index contributed by atoms with van der Waals surface area (Å²) in [5.41, 5.74) is 2.99. The van der Waals surface area contributed by atoms with Crippen LogP contribution in [0.1, 0.15) is 26.7 Å². The third-order valence-electron chi connectivity index (χ3n) is 1.95. The van der Waals surface area contributed by atoms with Gasteiger partial charge in [0.1, 0.15) is 0 Å². The molecule has 0 aliphatic carbocycles. The average Bonchev–Trinajstić information content (AvgIpc) is 2.75. The Hall–Kier alpha value is -1.10. The molecule has 2 N–H and O–H groups in total. The molecule has 1 heterocycles. The predicted molar refractivity (Wildman–Crippen MR) is 64.2 cm³/mol. The fourth-order valence-corrected chi connectivity index (χ4v) is 1.31. The molecule has 15 heavy (non-hydrogen) atoms. The minimum Gasteiger partial charge on any atom is -0.400 e. The quantitative estimate of drug-likeness (QED) is 0.403. The first kappa shape index (κ1) is 13.9. The SMILES string of the molecule is C=N/C(=N\NC(C)C)N1CCCC1.CO. The molecule has 0 spiro atoms. The lowest BCUT2D eigenvalue weighted by Gasteiger charge is -2.16. The summed E-state index contributed by atoms with van der Waals surface area (Å²) >= 11 is 0. The number of nitrogens with one attached hydrogen (secondary N) is 1. The average molecular weight is 214 g/mol. The normalized spacial score (nSPS) is 16.1. The van der Waals surface area contributed by atoms with E-state index in [0.717, 1.165) is 26.2 Å². The number of aliphatic hydroxyl groups is 1. The molecule has 0 saturated carbocycles. The summed E-state index contributed by atoms with van der Waals surface area (Å²) in [4.78, 5) is 6.06. The van der Waals surface area contributed by atoms with Crippen molar-refractivity contribution in [1.29, 1.82) is 0 Å². The molecular formula is C10H22N4O. The molecule has 1 saturated heterocycles. The van der Waals surface area contributed by atoms with Crippen LogP contribution in [0.15, 0.2) is 10.1 Å². The van der Waals surface area contributed by atoms with Crippen molar-refractivity contribution in [1.82, 2.24) is 10.3 Å². The third-order valence-corrected chi connectivity index (χ3v) is 1.95. The monoisotopic (exact) mass is 214 g/mol. The maximum Gasteiger partial charge on any atom is 0.241 e. The number of rotatable bonds is 2. The van der Waals surface area contributed by atoms with Crippen molar-refractivity contribution in [3.8, 4) is 0 Å². The van der Waals surface area contributed by atoms with Gasteiger partial charge in [-0.1, -0.05) is 0 Å². The fourth-order valence-electron chi connectivity index (χ4n) is 1.31. The van der Waals surface area contributed by atoms with E-state index >= 15 is 0 Å². The van der Waals surface area contributed by atoms with Crippen LogP contribution in [0.25, 0.3) is 0 Å². The topological polar surface area (TPSA) is 60.2 Å². The van der Waals surface area contributed by atoms with E-state index in [1.165, 1.54) is 12.8 Å². The first-order valence-electron chi connectivity index (χ1n) is 5.23. The van der Waals surface area contributed by atoms with Gasteiger partial charge in [0.05, 0.1) is 0 Å². The zero-order valence-corrected chi connectivity index (χ0v) is 9.90. The molecule has 0 aromatic heterocycles. The second-order valence-electron chi connectivity index (χ2n) is 3.55. The van der Waals surface area contributed by atoms with E-state index < -0.39 is 0 Å². The van der Waals surface area contributed by atoms with E-state index in [1.807, 2.05) is 13.8 Å². The van der Waals surface area contributed by atoms with Gasteiger partial charge in [-0.2, -0.15) is 0 Å². The predicted octanol–water partition coefficient (Wildman–Crippen LogP) is 0.660. The summed E-state index contributed by atoms with van der Waals surface area (Å²) in [6.07, 6.45) is 2.46. The second kappa shape index (κ2) is 8.23. The number of aliphatic hydroxyl groups excluding tert-OH is 1. The Labute approximate surface area is 91.9 Å². The highest BCUT2D eigenvalue weighted by Gasteiger charge is 2.14. The lowest BCUT2D eigenvalue weighted by atomic mass is 10.4. The molecule has 5 nitrogen and oxygen atoms in total. The highest BCUT2D eigenvalue weighted by molar-refractivity contribution is 5.84. The fraction of sp³-hybridized carbons (Fsp3) is 0.800.